The number of nitrogens with one attached hydrogen (secondary N) is 1. The van der Waals surface area contributed by atoms with Gasteiger partial charge < -0.3 is 10.4 Å². The third-order valence-corrected chi connectivity index (χ3v) is 3.74. The van der Waals surface area contributed by atoms with Gasteiger partial charge in [0.2, 0.25) is 0 Å². The van der Waals surface area contributed by atoms with Gasteiger partial charge in [-0.3, -0.25) is 4.79 Å². The molecule has 0 unspecified atom stereocenters. The molecular formula is C14H11ClINO2. The van der Waals surface area contributed by atoms with Gasteiger partial charge in [0.1, 0.15) is 5.75 Å². The maximum atomic E-state index is 11.9. The number of rotatable bonds is 3. The van der Waals surface area contributed by atoms with Crippen LogP contribution in [0.2, 0.25) is 5.02 Å². The zero-order chi connectivity index (χ0) is 13.8. The van der Waals surface area contributed by atoms with Crippen LogP contribution in [0.25, 0.3) is 0 Å². The first-order valence-corrected chi connectivity index (χ1v) is 7.03. The summed E-state index contributed by atoms with van der Waals surface area (Å²) in [6.45, 7) is 0.419. The van der Waals surface area contributed by atoms with Crippen molar-refractivity contribution in [1.82, 2.24) is 5.32 Å². The van der Waals surface area contributed by atoms with Crippen molar-refractivity contribution in [2.45, 2.75) is 6.54 Å². The van der Waals surface area contributed by atoms with E-state index >= 15 is 0 Å². The second-order valence-corrected chi connectivity index (χ2v) is 5.57. The molecular weight excluding hydrogens is 377 g/mol. The fraction of sp³-hybridized carbons (Fsp3) is 0.0714. The zero-order valence-electron chi connectivity index (χ0n) is 9.86. The van der Waals surface area contributed by atoms with Crippen LogP contribution in [-0.4, -0.2) is 11.0 Å². The SMILES string of the molecule is O=C(NCc1ccc(Cl)cc1)c1ccc(I)c(O)c1. The first-order valence-electron chi connectivity index (χ1n) is 5.57. The highest BCUT2D eigenvalue weighted by Crippen LogP contribution is 2.20. The van der Waals surface area contributed by atoms with Crippen molar-refractivity contribution in [2.24, 2.45) is 0 Å². The number of hydrogen-bond acceptors (Lipinski definition) is 2. The number of carbonyl (C=O) groups is 1. The largest absolute Gasteiger partial charge is 0.507 e. The van der Waals surface area contributed by atoms with Gasteiger partial charge in [0, 0.05) is 17.1 Å². The lowest BCUT2D eigenvalue weighted by molar-refractivity contribution is 0.0950. The van der Waals surface area contributed by atoms with Crippen LogP contribution >= 0.6 is 34.2 Å². The summed E-state index contributed by atoms with van der Waals surface area (Å²) in [6.07, 6.45) is 0. The number of carbonyl (C=O) groups excluding carboxylic acids is 1. The Kier molecular flexibility index (Phi) is 4.66. The van der Waals surface area contributed by atoms with Crippen molar-refractivity contribution in [3.05, 3.63) is 62.2 Å². The molecule has 2 N–H and O–H groups in total. The molecule has 19 heavy (non-hydrogen) atoms. The molecule has 3 nitrogen and oxygen atoms in total. The standard InChI is InChI=1S/C14H11ClINO2/c15-11-4-1-9(2-5-11)8-17-14(19)10-3-6-12(16)13(18)7-10/h1-7,18H,8H2,(H,17,19). The maximum absolute atomic E-state index is 11.9. The minimum atomic E-state index is -0.221. The van der Waals surface area contributed by atoms with Crippen LogP contribution in [0.1, 0.15) is 15.9 Å². The molecule has 0 radical (unpaired) electrons. The number of benzene rings is 2. The lowest BCUT2D eigenvalue weighted by atomic mass is 10.2. The van der Waals surface area contributed by atoms with Gasteiger partial charge in [0.25, 0.3) is 5.91 Å². The van der Waals surface area contributed by atoms with E-state index in [1.165, 1.54) is 6.07 Å². The summed E-state index contributed by atoms with van der Waals surface area (Å²) in [4.78, 5) is 11.9. The first-order chi connectivity index (χ1) is 9.06. The molecule has 1 amide bonds. The molecule has 5 heteroatoms. The van der Waals surface area contributed by atoms with Crippen molar-refractivity contribution < 1.29 is 9.90 Å². The summed E-state index contributed by atoms with van der Waals surface area (Å²) in [6, 6.07) is 12.1. The average Bonchev–Trinajstić information content (AvgIpc) is 2.41. The molecule has 0 aliphatic rings. The molecule has 0 saturated carbocycles. The minimum absolute atomic E-state index is 0.111. The Labute approximate surface area is 129 Å². The number of hydrogen-bond donors (Lipinski definition) is 2. The van der Waals surface area contributed by atoms with Crippen LogP contribution in [0, 0.1) is 3.57 Å². The van der Waals surface area contributed by atoms with Gasteiger partial charge in [0.05, 0.1) is 3.57 Å². The maximum Gasteiger partial charge on any atom is 0.251 e. The zero-order valence-corrected chi connectivity index (χ0v) is 12.8. The molecule has 2 aromatic carbocycles. The Morgan fingerprint density at radius 1 is 1.21 bits per heavy atom. The van der Waals surface area contributed by atoms with E-state index in [4.69, 9.17) is 11.6 Å². The second kappa shape index (κ2) is 6.25. The van der Waals surface area contributed by atoms with E-state index in [1.807, 2.05) is 34.7 Å². The van der Waals surface area contributed by atoms with E-state index < -0.39 is 0 Å². The highest BCUT2D eigenvalue weighted by atomic mass is 127. The van der Waals surface area contributed by atoms with E-state index in [2.05, 4.69) is 5.32 Å². The third-order valence-electron chi connectivity index (χ3n) is 2.57. The smallest absolute Gasteiger partial charge is 0.251 e. The summed E-state index contributed by atoms with van der Waals surface area (Å²) in [5, 5.41) is 13.0. The van der Waals surface area contributed by atoms with Gasteiger partial charge in [-0.25, -0.2) is 0 Å². The average molecular weight is 388 g/mol. The van der Waals surface area contributed by atoms with Crippen LogP contribution in [0.4, 0.5) is 0 Å². The molecule has 0 aliphatic carbocycles. The normalized spacial score (nSPS) is 10.2. The number of phenols is 1. The van der Waals surface area contributed by atoms with E-state index in [0.29, 0.717) is 20.7 Å². The molecule has 2 aromatic rings. The highest BCUT2D eigenvalue weighted by molar-refractivity contribution is 14.1. The molecule has 0 bridgehead atoms. The van der Waals surface area contributed by atoms with Crippen molar-refractivity contribution in [3.63, 3.8) is 0 Å². The minimum Gasteiger partial charge on any atom is -0.507 e. The van der Waals surface area contributed by atoms with Gasteiger partial charge in [0.15, 0.2) is 0 Å². The van der Waals surface area contributed by atoms with Gasteiger partial charge in [-0.2, -0.15) is 0 Å². The Morgan fingerprint density at radius 2 is 1.89 bits per heavy atom. The van der Waals surface area contributed by atoms with Crippen molar-refractivity contribution in [3.8, 4) is 5.75 Å². The quantitative estimate of drug-likeness (QED) is 0.791. The molecule has 0 heterocycles. The predicted octanol–water partition coefficient (Wildman–Crippen LogP) is 3.58. The van der Waals surface area contributed by atoms with Crippen LogP contribution in [0.5, 0.6) is 5.75 Å². The number of phenolic OH excluding ortho intramolecular Hbond substituents is 1. The Bertz CT molecular complexity index is 599. The highest BCUT2D eigenvalue weighted by Gasteiger charge is 2.07. The van der Waals surface area contributed by atoms with Crippen LogP contribution < -0.4 is 5.32 Å². The lowest BCUT2D eigenvalue weighted by Gasteiger charge is -2.06. The second-order valence-electron chi connectivity index (χ2n) is 3.98. The predicted molar refractivity (Wildman–Crippen MR) is 83.4 cm³/mol. The van der Waals surface area contributed by atoms with E-state index in [0.717, 1.165) is 5.56 Å². The van der Waals surface area contributed by atoms with Gasteiger partial charge in [-0.1, -0.05) is 23.7 Å². The summed E-state index contributed by atoms with van der Waals surface area (Å²) >= 11 is 7.79. The Morgan fingerprint density at radius 3 is 2.53 bits per heavy atom. The van der Waals surface area contributed by atoms with E-state index in [-0.39, 0.29) is 11.7 Å². The van der Waals surface area contributed by atoms with Crippen molar-refractivity contribution in [1.29, 1.82) is 0 Å². The number of aromatic hydroxyl groups is 1. The fourth-order valence-electron chi connectivity index (χ4n) is 1.54. The Hall–Kier alpha value is -1.27. The van der Waals surface area contributed by atoms with Crippen molar-refractivity contribution in [2.75, 3.05) is 0 Å². The molecule has 2 rings (SSSR count). The molecule has 0 spiro atoms. The summed E-state index contributed by atoms with van der Waals surface area (Å²) in [5.74, 6) is -0.110. The molecule has 0 aliphatic heterocycles. The lowest BCUT2D eigenvalue weighted by Crippen LogP contribution is -2.22. The van der Waals surface area contributed by atoms with Crippen LogP contribution in [0.3, 0.4) is 0 Å². The van der Waals surface area contributed by atoms with E-state index in [1.54, 1.807) is 24.3 Å². The fourth-order valence-corrected chi connectivity index (χ4v) is 2.00. The molecule has 0 fully saturated rings. The summed E-state index contributed by atoms with van der Waals surface area (Å²) < 4.78 is 0.715. The Balaban J connectivity index is 2.01. The van der Waals surface area contributed by atoms with Gasteiger partial charge >= 0.3 is 0 Å². The van der Waals surface area contributed by atoms with Crippen LogP contribution in [-0.2, 0) is 6.54 Å². The van der Waals surface area contributed by atoms with Crippen molar-refractivity contribution >= 4 is 40.1 Å². The molecule has 0 saturated heterocycles. The van der Waals surface area contributed by atoms with Gasteiger partial charge in [-0.05, 0) is 58.5 Å². The number of amides is 1. The summed E-state index contributed by atoms with van der Waals surface area (Å²) in [7, 11) is 0. The molecule has 98 valence electrons. The first kappa shape index (κ1) is 14.1. The topological polar surface area (TPSA) is 49.3 Å². The third kappa shape index (κ3) is 3.84. The number of halogens is 2. The summed E-state index contributed by atoms with van der Waals surface area (Å²) in [5.41, 5.74) is 1.40. The van der Waals surface area contributed by atoms with E-state index in [9.17, 15) is 9.90 Å². The van der Waals surface area contributed by atoms with Crippen LogP contribution in [0.15, 0.2) is 42.5 Å². The van der Waals surface area contributed by atoms with Gasteiger partial charge in [-0.15, -0.1) is 0 Å². The molecule has 0 atom stereocenters. The monoisotopic (exact) mass is 387 g/mol. The molecule has 0 aromatic heterocycles.